The van der Waals surface area contributed by atoms with Gasteiger partial charge in [0.05, 0.1) is 6.61 Å². The van der Waals surface area contributed by atoms with Gasteiger partial charge in [0.25, 0.3) is 6.01 Å². The van der Waals surface area contributed by atoms with Crippen LogP contribution in [0.15, 0.2) is 10.7 Å². The zero-order valence-electron chi connectivity index (χ0n) is 11.0. The number of aliphatic hydroxyl groups excluding tert-OH is 1. The number of aromatic nitrogens is 1. The summed E-state index contributed by atoms with van der Waals surface area (Å²) in [4.78, 5) is 17.5. The van der Waals surface area contributed by atoms with Crippen molar-refractivity contribution in [2.75, 3.05) is 24.7 Å². The smallest absolute Gasteiger partial charge is 0.360 e. The lowest BCUT2D eigenvalue weighted by Crippen LogP contribution is -2.32. The Morgan fingerprint density at radius 3 is 2.89 bits per heavy atom. The highest BCUT2D eigenvalue weighted by Crippen LogP contribution is 2.17. The first-order chi connectivity index (χ1) is 8.60. The van der Waals surface area contributed by atoms with E-state index < -0.39 is 5.97 Å². The van der Waals surface area contributed by atoms with E-state index in [4.69, 9.17) is 14.3 Å². The number of aliphatic hydroxyl groups is 1. The van der Waals surface area contributed by atoms with Crippen LogP contribution < -0.4 is 4.90 Å². The molecule has 0 unspecified atom stereocenters. The van der Waals surface area contributed by atoms with Crippen LogP contribution in [0.1, 0.15) is 37.7 Å². The third-order valence-electron chi connectivity index (χ3n) is 2.40. The van der Waals surface area contributed by atoms with Gasteiger partial charge in [-0.05, 0) is 27.2 Å². The summed E-state index contributed by atoms with van der Waals surface area (Å²) in [7, 11) is 0. The number of hydrogen-bond acceptors (Lipinski definition) is 6. The van der Waals surface area contributed by atoms with Crippen molar-refractivity contribution in [3.8, 4) is 0 Å². The molecule has 0 aliphatic carbocycles. The van der Waals surface area contributed by atoms with E-state index in [2.05, 4.69) is 4.98 Å². The minimum Gasteiger partial charge on any atom is -0.461 e. The second kappa shape index (κ2) is 7.00. The van der Waals surface area contributed by atoms with Crippen LogP contribution in [-0.2, 0) is 4.74 Å². The molecule has 0 bridgehead atoms. The van der Waals surface area contributed by atoms with E-state index in [0.717, 1.165) is 0 Å². The molecule has 0 aliphatic heterocycles. The average Bonchev–Trinajstić information content (AvgIpc) is 2.79. The number of rotatable bonds is 7. The fraction of sp³-hybridized carbons (Fsp3) is 0.667. The standard InChI is InChI=1S/C12H20N2O4/c1-4-17-11(16)10-8-18-12(13-10)14(9(2)3)6-5-7-15/h8-9,15H,4-7H2,1-3H3. The lowest BCUT2D eigenvalue weighted by atomic mass is 10.3. The molecule has 1 rings (SSSR count). The van der Waals surface area contributed by atoms with Gasteiger partial charge >= 0.3 is 5.97 Å². The summed E-state index contributed by atoms with van der Waals surface area (Å²) in [5.74, 6) is -0.488. The minimum atomic E-state index is -0.488. The average molecular weight is 256 g/mol. The van der Waals surface area contributed by atoms with Gasteiger partial charge in [0.2, 0.25) is 0 Å². The second-order valence-corrected chi connectivity index (χ2v) is 4.10. The summed E-state index contributed by atoms with van der Waals surface area (Å²) in [5, 5.41) is 8.86. The van der Waals surface area contributed by atoms with Crippen LogP contribution in [-0.4, -0.2) is 41.9 Å². The van der Waals surface area contributed by atoms with E-state index >= 15 is 0 Å². The predicted octanol–water partition coefficient (Wildman–Crippen LogP) is 1.45. The highest BCUT2D eigenvalue weighted by molar-refractivity contribution is 5.87. The lowest BCUT2D eigenvalue weighted by Gasteiger charge is -2.24. The molecule has 6 nitrogen and oxygen atoms in total. The van der Waals surface area contributed by atoms with Crippen LogP contribution in [0, 0.1) is 0 Å². The molecule has 18 heavy (non-hydrogen) atoms. The largest absolute Gasteiger partial charge is 0.461 e. The minimum absolute atomic E-state index is 0.106. The van der Waals surface area contributed by atoms with Gasteiger partial charge in [0.1, 0.15) is 6.26 Å². The van der Waals surface area contributed by atoms with Gasteiger partial charge in [-0.15, -0.1) is 0 Å². The zero-order valence-corrected chi connectivity index (χ0v) is 11.0. The first-order valence-corrected chi connectivity index (χ1v) is 6.10. The van der Waals surface area contributed by atoms with E-state index in [9.17, 15) is 4.79 Å². The second-order valence-electron chi connectivity index (χ2n) is 4.10. The Morgan fingerprint density at radius 2 is 2.33 bits per heavy atom. The topological polar surface area (TPSA) is 75.8 Å². The Morgan fingerprint density at radius 1 is 1.61 bits per heavy atom. The van der Waals surface area contributed by atoms with E-state index in [1.807, 2.05) is 18.7 Å². The molecule has 1 aromatic rings. The highest BCUT2D eigenvalue weighted by Gasteiger charge is 2.19. The van der Waals surface area contributed by atoms with Gasteiger partial charge in [0, 0.05) is 19.2 Å². The van der Waals surface area contributed by atoms with Crippen molar-refractivity contribution in [2.45, 2.75) is 33.2 Å². The predicted molar refractivity (Wildman–Crippen MR) is 66.6 cm³/mol. The van der Waals surface area contributed by atoms with Gasteiger partial charge in [-0.1, -0.05) is 0 Å². The Kier molecular flexibility index (Phi) is 5.64. The summed E-state index contributed by atoms with van der Waals surface area (Å²) < 4.78 is 10.1. The van der Waals surface area contributed by atoms with Gasteiger partial charge < -0.3 is 19.2 Å². The molecule has 0 aromatic carbocycles. The maximum atomic E-state index is 11.5. The van der Waals surface area contributed by atoms with Crippen LogP contribution in [0.3, 0.4) is 0 Å². The van der Waals surface area contributed by atoms with Crippen molar-refractivity contribution in [3.05, 3.63) is 12.0 Å². The number of carbonyl (C=O) groups is 1. The Balaban J connectivity index is 2.77. The van der Waals surface area contributed by atoms with Crippen LogP contribution in [0.25, 0.3) is 0 Å². The summed E-state index contributed by atoms with van der Waals surface area (Å²) in [5.41, 5.74) is 0.168. The van der Waals surface area contributed by atoms with Crippen LogP contribution >= 0.6 is 0 Å². The monoisotopic (exact) mass is 256 g/mol. The number of anilines is 1. The molecule has 1 heterocycles. The molecule has 0 atom stereocenters. The fourth-order valence-corrected chi connectivity index (χ4v) is 1.51. The molecule has 0 fully saturated rings. The highest BCUT2D eigenvalue weighted by atomic mass is 16.5. The molecular weight excluding hydrogens is 236 g/mol. The van der Waals surface area contributed by atoms with E-state index in [1.54, 1.807) is 6.92 Å². The molecule has 102 valence electrons. The van der Waals surface area contributed by atoms with Crippen molar-refractivity contribution in [3.63, 3.8) is 0 Å². The van der Waals surface area contributed by atoms with Crippen molar-refractivity contribution in [1.29, 1.82) is 0 Å². The van der Waals surface area contributed by atoms with Crippen molar-refractivity contribution < 1.29 is 19.1 Å². The number of carbonyl (C=O) groups excluding carboxylic acids is 1. The summed E-state index contributed by atoms with van der Waals surface area (Å²) in [6, 6.07) is 0.548. The SMILES string of the molecule is CCOC(=O)c1coc(N(CCCO)C(C)C)n1. The number of esters is 1. The van der Waals surface area contributed by atoms with E-state index in [1.165, 1.54) is 6.26 Å². The molecule has 0 saturated carbocycles. The van der Waals surface area contributed by atoms with Crippen molar-refractivity contribution >= 4 is 12.0 Å². The Labute approximate surface area is 107 Å². The lowest BCUT2D eigenvalue weighted by molar-refractivity contribution is 0.0519. The van der Waals surface area contributed by atoms with Gasteiger partial charge in [-0.2, -0.15) is 4.98 Å². The van der Waals surface area contributed by atoms with E-state index in [-0.39, 0.29) is 18.3 Å². The first-order valence-electron chi connectivity index (χ1n) is 6.10. The van der Waals surface area contributed by atoms with E-state index in [0.29, 0.717) is 25.6 Å². The van der Waals surface area contributed by atoms with Crippen molar-refractivity contribution in [2.24, 2.45) is 0 Å². The molecule has 6 heteroatoms. The van der Waals surface area contributed by atoms with Crippen molar-refractivity contribution in [1.82, 2.24) is 4.98 Å². The van der Waals surface area contributed by atoms with Gasteiger partial charge in [-0.25, -0.2) is 4.79 Å². The first kappa shape index (κ1) is 14.5. The third-order valence-corrected chi connectivity index (χ3v) is 2.40. The molecule has 0 saturated heterocycles. The molecule has 0 spiro atoms. The van der Waals surface area contributed by atoms with Crippen LogP contribution in [0.4, 0.5) is 6.01 Å². The number of nitrogens with zero attached hydrogens (tertiary/aromatic N) is 2. The summed E-state index contributed by atoms with van der Waals surface area (Å²) in [6.45, 7) is 6.75. The maximum Gasteiger partial charge on any atom is 0.360 e. The molecule has 1 aromatic heterocycles. The normalized spacial score (nSPS) is 10.7. The third kappa shape index (κ3) is 3.73. The number of hydrogen-bond donors (Lipinski definition) is 1. The van der Waals surface area contributed by atoms with Crippen LogP contribution in [0.5, 0.6) is 0 Å². The molecule has 0 amide bonds. The maximum absolute atomic E-state index is 11.5. The summed E-state index contributed by atoms with van der Waals surface area (Å²) >= 11 is 0. The Hall–Kier alpha value is -1.56. The van der Waals surface area contributed by atoms with Gasteiger partial charge in [-0.3, -0.25) is 0 Å². The number of ether oxygens (including phenoxy) is 1. The summed E-state index contributed by atoms with van der Waals surface area (Å²) in [6.07, 6.45) is 1.91. The van der Waals surface area contributed by atoms with Crippen LogP contribution in [0.2, 0.25) is 0 Å². The Bertz CT molecular complexity index is 376. The quantitative estimate of drug-likeness (QED) is 0.744. The molecular formula is C12H20N2O4. The zero-order chi connectivity index (χ0) is 13.5. The molecule has 0 radical (unpaired) electrons. The molecule has 1 N–H and O–H groups in total. The number of oxazole rings is 1. The molecule has 0 aliphatic rings. The van der Waals surface area contributed by atoms with Gasteiger partial charge in [0.15, 0.2) is 5.69 Å². The fourth-order valence-electron chi connectivity index (χ4n) is 1.51.